The van der Waals surface area contributed by atoms with Gasteiger partial charge >= 0.3 is 0 Å². The second-order valence-electron chi connectivity index (χ2n) is 6.46. The molecule has 0 radical (unpaired) electrons. The molecule has 3 nitrogen and oxygen atoms in total. The van der Waals surface area contributed by atoms with Gasteiger partial charge in [-0.3, -0.25) is 4.90 Å². The van der Waals surface area contributed by atoms with Gasteiger partial charge < -0.3 is 9.84 Å². The van der Waals surface area contributed by atoms with Gasteiger partial charge in [0.05, 0.1) is 11.1 Å². The Morgan fingerprint density at radius 1 is 1.12 bits per heavy atom. The van der Waals surface area contributed by atoms with Crippen LogP contribution < -0.4 is 4.74 Å². The molecule has 1 aliphatic heterocycles. The standard InChI is InChI=1S/C20H23ClFNO2/c21-18-7-3-8-19(22)17(18)14-25-20-9-2-1-5-15(20)13-23-11-4-6-16(24)10-12-23/h1-3,5,7-9,16,24H,4,6,10-14H2. The van der Waals surface area contributed by atoms with E-state index in [9.17, 15) is 9.50 Å². The summed E-state index contributed by atoms with van der Waals surface area (Å²) in [5, 5.41) is 10.2. The Hall–Kier alpha value is -1.62. The normalized spacial score (nSPS) is 18.8. The molecule has 0 saturated carbocycles. The minimum Gasteiger partial charge on any atom is -0.488 e. The molecule has 1 atom stereocenters. The maximum absolute atomic E-state index is 13.9. The van der Waals surface area contributed by atoms with Crippen LogP contribution in [-0.4, -0.2) is 29.2 Å². The third kappa shape index (κ3) is 4.94. The molecule has 0 amide bonds. The van der Waals surface area contributed by atoms with Gasteiger partial charge in [-0.1, -0.05) is 35.9 Å². The molecule has 134 valence electrons. The molecule has 1 N–H and O–H groups in total. The molecular weight excluding hydrogens is 341 g/mol. The van der Waals surface area contributed by atoms with Crippen molar-refractivity contribution in [2.75, 3.05) is 13.1 Å². The molecule has 1 unspecified atom stereocenters. The molecule has 1 heterocycles. The van der Waals surface area contributed by atoms with Crippen LogP contribution in [0.25, 0.3) is 0 Å². The highest BCUT2D eigenvalue weighted by molar-refractivity contribution is 6.31. The summed E-state index contributed by atoms with van der Waals surface area (Å²) in [5.74, 6) is 0.387. The number of aliphatic hydroxyl groups is 1. The van der Waals surface area contributed by atoms with Crippen molar-refractivity contribution >= 4 is 11.6 Å². The number of aliphatic hydroxyl groups excluding tert-OH is 1. The maximum Gasteiger partial charge on any atom is 0.131 e. The third-order valence-electron chi connectivity index (χ3n) is 4.59. The van der Waals surface area contributed by atoms with Crippen LogP contribution >= 0.6 is 11.6 Å². The SMILES string of the molecule is OC1CCCN(Cc2ccccc2OCc2c(F)cccc2Cl)CC1. The van der Waals surface area contributed by atoms with Gasteiger partial charge in [-0.05, 0) is 44.0 Å². The Balaban J connectivity index is 1.68. The van der Waals surface area contributed by atoms with Crippen LogP contribution in [0, 0.1) is 5.82 Å². The fourth-order valence-corrected chi connectivity index (χ4v) is 3.35. The molecule has 1 saturated heterocycles. The number of nitrogens with zero attached hydrogens (tertiary/aromatic N) is 1. The molecule has 0 aromatic heterocycles. The van der Waals surface area contributed by atoms with Crippen LogP contribution in [0.3, 0.4) is 0 Å². The van der Waals surface area contributed by atoms with Crippen LogP contribution in [0.2, 0.25) is 5.02 Å². The maximum atomic E-state index is 13.9. The number of rotatable bonds is 5. The molecule has 2 aromatic carbocycles. The zero-order valence-electron chi connectivity index (χ0n) is 14.1. The summed E-state index contributed by atoms with van der Waals surface area (Å²) in [6.07, 6.45) is 2.46. The summed E-state index contributed by atoms with van der Waals surface area (Å²) < 4.78 is 19.8. The second-order valence-corrected chi connectivity index (χ2v) is 6.86. The molecule has 1 aliphatic rings. The third-order valence-corrected chi connectivity index (χ3v) is 4.94. The largest absolute Gasteiger partial charge is 0.488 e. The predicted octanol–water partition coefficient (Wildman–Crippen LogP) is 4.40. The van der Waals surface area contributed by atoms with Crippen molar-refractivity contribution < 1.29 is 14.2 Å². The first-order valence-electron chi connectivity index (χ1n) is 8.67. The smallest absolute Gasteiger partial charge is 0.131 e. The van der Waals surface area contributed by atoms with Gasteiger partial charge in [-0.25, -0.2) is 4.39 Å². The monoisotopic (exact) mass is 363 g/mol. The average molecular weight is 364 g/mol. The number of para-hydroxylation sites is 1. The lowest BCUT2D eigenvalue weighted by molar-refractivity contribution is 0.154. The van der Waals surface area contributed by atoms with Crippen LogP contribution in [0.4, 0.5) is 4.39 Å². The fraction of sp³-hybridized carbons (Fsp3) is 0.400. The molecule has 0 aliphatic carbocycles. The van der Waals surface area contributed by atoms with Gasteiger partial charge in [0.1, 0.15) is 18.2 Å². The summed E-state index contributed by atoms with van der Waals surface area (Å²) in [4.78, 5) is 2.33. The van der Waals surface area contributed by atoms with E-state index in [2.05, 4.69) is 4.90 Å². The fourth-order valence-electron chi connectivity index (χ4n) is 3.13. The lowest BCUT2D eigenvalue weighted by atomic mass is 10.1. The van der Waals surface area contributed by atoms with E-state index in [0.29, 0.717) is 10.6 Å². The highest BCUT2D eigenvalue weighted by Crippen LogP contribution is 2.25. The topological polar surface area (TPSA) is 32.7 Å². The number of hydrogen-bond acceptors (Lipinski definition) is 3. The number of ether oxygens (including phenoxy) is 1. The minimum atomic E-state index is -0.355. The van der Waals surface area contributed by atoms with E-state index in [0.717, 1.165) is 50.2 Å². The van der Waals surface area contributed by atoms with Gasteiger partial charge in [-0.2, -0.15) is 0 Å². The Bertz CT molecular complexity index is 690. The highest BCUT2D eigenvalue weighted by Gasteiger charge is 2.17. The lowest BCUT2D eigenvalue weighted by Crippen LogP contribution is -2.25. The summed E-state index contributed by atoms with van der Waals surface area (Å²) in [5.41, 5.74) is 1.43. The Kier molecular flexibility index (Phi) is 6.29. The molecule has 3 rings (SSSR count). The molecule has 25 heavy (non-hydrogen) atoms. The predicted molar refractivity (Wildman–Crippen MR) is 97.3 cm³/mol. The van der Waals surface area contributed by atoms with Crippen LogP contribution in [-0.2, 0) is 13.2 Å². The molecular formula is C20H23ClFNO2. The van der Waals surface area contributed by atoms with E-state index in [4.69, 9.17) is 16.3 Å². The van der Waals surface area contributed by atoms with Crippen LogP contribution in [0.15, 0.2) is 42.5 Å². The van der Waals surface area contributed by atoms with Crippen molar-refractivity contribution in [3.05, 3.63) is 64.4 Å². The van der Waals surface area contributed by atoms with Crippen LogP contribution in [0.5, 0.6) is 5.75 Å². The van der Waals surface area contributed by atoms with Crippen molar-refractivity contribution in [3.63, 3.8) is 0 Å². The first-order valence-corrected chi connectivity index (χ1v) is 9.05. The van der Waals surface area contributed by atoms with E-state index in [1.165, 1.54) is 6.07 Å². The summed E-state index contributed by atoms with van der Waals surface area (Å²) >= 11 is 6.07. The van der Waals surface area contributed by atoms with E-state index >= 15 is 0 Å². The Morgan fingerprint density at radius 2 is 1.96 bits per heavy atom. The van der Waals surface area contributed by atoms with Crippen molar-refractivity contribution in [1.29, 1.82) is 0 Å². The number of benzene rings is 2. The molecule has 2 aromatic rings. The Morgan fingerprint density at radius 3 is 2.80 bits per heavy atom. The van der Waals surface area contributed by atoms with Gasteiger partial charge in [0.25, 0.3) is 0 Å². The summed E-state index contributed by atoms with van der Waals surface area (Å²) in [7, 11) is 0. The number of hydrogen-bond donors (Lipinski definition) is 1. The zero-order chi connectivity index (χ0) is 17.6. The van der Waals surface area contributed by atoms with E-state index in [1.807, 2.05) is 24.3 Å². The molecule has 1 fully saturated rings. The van der Waals surface area contributed by atoms with E-state index in [1.54, 1.807) is 12.1 Å². The van der Waals surface area contributed by atoms with Crippen LogP contribution in [0.1, 0.15) is 30.4 Å². The first-order chi connectivity index (χ1) is 12.1. The van der Waals surface area contributed by atoms with Gasteiger partial charge in [0, 0.05) is 24.2 Å². The second kappa shape index (κ2) is 8.65. The first kappa shape index (κ1) is 18.2. The average Bonchev–Trinajstić information content (AvgIpc) is 2.80. The minimum absolute atomic E-state index is 0.0984. The lowest BCUT2D eigenvalue weighted by Gasteiger charge is -2.21. The van der Waals surface area contributed by atoms with Crippen molar-refractivity contribution in [2.45, 2.75) is 38.5 Å². The molecule has 5 heteroatoms. The highest BCUT2D eigenvalue weighted by atomic mass is 35.5. The van der Waals surface area contributed by atoms with Crippen molar-refractivity contribution in [2.24, 2.45) is 0 Å². The number of halogens is 2. The molecule has 0 spiro atoms. The van der Waals surface area contributed by atoms with Crippen molar-refractivity contribution in [1.82, 2.24) is 4.90 Å². The summed E-state index contributed by atoms with van der Waals surface area (Å²) in [6.45, 7) is 2.69. The van der Waals surface area contributed by atoms with Gasteiger partial charge in [0.2, 0.25) is 0 Å². The molecule has 0 bridgehead atoms. The van der Waals surface area contributed by atoms with Crippen molar-refractivity contribution in [3.8, 4) is 5.75 Å². The number of likely N-dealkylation sites (tertiary alicyclic amines) is 1. The zero-order valence-corrected chi connectivity index (χ0v) is 14.9. The quantitative estimate of drug-likeness (QED) is 0.854. The Labute approximate surface area is 153 Å². The van der Waals surface area contributed by atoms with Gasteiger partial charge in [0.15, 0.2) is 0 Å². The summed E-state index contributed by atoms with van der Waals surface area (Å²) in [6, 6.07) is 12.5. The van der Waals surface area contributed by atoms with E-state index < -0.39 is 0 Å². The van der Waals surface area contributed by atoms with Gasteiger partial charge in [-0.15, -0.1) is 0 Å². The van der Waals surface area contributed by atoms with E-state index in [-0.39, 0.29) is 18.5 Å².